The summed E-state index contributed by atoms with van der Waals surface area (Å²) in [4.78, 5) is 15.2. The minimum atomic E-state index is -4.13. The highest BCUT2D eigenvalue weighted by molar-refractivity contribution is 6.30. The first-order chi connectivity index (χ1) is 17.3. The van der Waals surface area contributed by atoms with E-state index in [0.29, 0.717) is 18.1 Å². The molecule has 1 aliphatic carbocycles. The summed E-state index contributed by atoms with van der Waals surface area (Å²) in [5.41, 5.74) is 2.10. The lowest BCUT2D eigenvalue weighted by molar-refractivity contribution is -0.207. The summed E-state index contributed by atoms with van der Waals surface area (Å²) in [5.74, 6) is 1.05. The van der Waals surface area contributed by atoms with Crippen molar-refractivity contribution in [3.63, 3.8) is 0 Å². The maximum Gasteiger partial charge on any atom is 0.391 e. The molecule has 3 fully saturated rings. The van der Waals surface area contributed by atoms with Gasteiger partial charge in [0.05, 0.1) is 18.2 Å². The first-order valence-electron chi connectivity index (χ1n) is 12.1. The Kier molecular flexibility index (Phi) is 4.82. The van der Waals surface area contributed by atoms with Crippen LogP contribution < -0.4 is 9.80 Å². The third kappa shape index (κ3) is 3.54. The molecule has 3 aliphatic heterocycles. The van der Waals surface area contributed by atoms with Gasteiger partial charge in [0.15, 0.2) is 5.82 Å². The molecule has 188 valence electrons. The van der Waals surface area contributed by atoms with Gasteiger partial charge >= 0.3 is 6.18 Å². The molecule has 4 aliphatic rings. The van der Waals surface area contributed by atoms with E-state index in [4.69, 9.17) is 11.6 Å². The normalized spacial score (nSPS) is 24.9. The minimum Gasteiger partial charge on any atom is -0.339 e. The molecule has 2 aromatic heterocycles. The fourth-order valence-electron chi connectivity index (χ4n) is 6.09. The highest BCUT2D eigenvalue weighted by atomic mass is 35.5. The van der Waals surface area contributed by atoms with Crippen LogP contribution in [0.1, 0.15) is 24.2 Å². The quantitative estimate of drug-likeness (QED) is 0.526. The molecule has 0 bridgehead atoms. The van der Waals surface area contributed by atoms with E-state index in [1.807, 2.05) is 24.3 Å². The van der Waals surface area contributed by atoms with Crippen molar-refractivity contribution in [3.05, 3.63) is 53.1 Å². The molecular formula is C24H24ClF3N8. The van der Waals surface area contributed by atoms with Gasteiger partial charge in [-0.05, 0) is 42.7 Å². The van der Waals surface area contributed by atoms with Gasteiger partial charge in [-0.25, -0.2) is 9.97 Å². The third-order valence-electron chi connectivity index (χ3n) is 8.03. The molecule has 1 saturated carbocycles. The van der Waals surface area contributed by atoms with Gasteiger partial charge in [0.2, 0.25) is 11.9 Å². The summed E-state index contributed by atoms with van der Waals surface area (Å²) in [5, 5.41) is 9.64. The van der Waals surface area contributed by atoms with Gasteiger partial charge in [-0.1, -0.05) is 11.6 Å². The zero-order valence-electron chi connectivity index (χ0n) is 19.4. The van der Waals surface area contributed by atoms with Crippen molar-refractivity contribution < 1.29 is 13.2 Å². The Morgan fingerprint density at radius 3 is 2.39 bits per heavy atom. The van der Waals surface area contributed by atoms with E-state index in [9.17, 15) is 13.2 Å². The van der Waals surface area contributed by atoms with E-state index in [1.165, 1.54) is 0 Å². The number of rotatable bonds is 3. The molecule has 1 aromatic carbocycles. The molecule has 0 amide bonds. The van der Waals surface area contributed by atoms with Gasteiger partial charge in [0, 0.05) is 61.6 Å². The van der Waals surface area contributed by atoms with Crippen molar-refractivity contribution in [2.75, 3.05) is 36.0 Å². The number of hydrogen-bond donors (Lipinski definition) is 0. The Morgan fingerprint density at radius 2 is 1.67 bits per heavy atom. The van der Waals surface area contributed by atoms with E-state index in [-0.39, 0.29) is 24.3 Å². The number of nitrogens with zero attached hydrogens (tertiary/aromatic N) is 8. The van der Waals surface area contributed by atoms with E-state index in [1.54, 1.807) is 12.4 Å². The monoisotopic (exact) mass is 516 g/mol. The predicted octanol–water partition coefficient (Wildman–Crippen LogP) is 3.69. The Hall–Kier alpha value is -2.92. The second kappa shape index (κ2) is 7.79. The lowest BCUT2D eigenvalue weighted by atomic mass is 9.73. The number of anilines is 2. The van der Waals surface area contributed by atoms with Crippen molar-refractivity contribution in [2.24, 2.45) is 11.3 Å². The lowest BCUT2D eigenvalue weighted by Gasteiger charge is -2.60. The molecule has 0 unspecified atom stereocenters. The molecule has 0 radical (unpaired) electrons. The smallest absolute Gasteiger partial charge is 0.339 e. The van der Waals surface area contributed by atoms with Crippen LogP contribution in [0.5, 0.6) is 0 Å². The first kappa shape index (κ1) is 22.3. The van der Waals surface area contributed by atoms with E-state index < -0.39 is 12.1 Å². The Morgan fingerprint density at radius 1 is 0.944 bits per heavy atom. The molecule has 12 heteroatoms. The van der Waals surface area contributed by atoms with Crippen LogP contribution in [0.2, 0.25) is 5.02 Å². The standard InChI is InChI=1S/C24H24ClF3N8/c25-17-2-3-19-15(6-17)9-33(18-7-16(8-18)24(26,27)28)10-20-31-32-22(36(19)20)35-13-23(14-35)11-34(12-23)21-29-4-1-5-30-21/h1-6,16,18H,7-14H2. The van der Waals surface area contributed by atoms with Crippen LogP contribution in [0.4, 0.5) is 25.1 Å². The van der Waals surface area contributed by atoms with Gasteiger partial charge in [-0.15, -0.1) is 10.2 Å². The van der Waals surface area contributed by atoms with Crippen molar-refractivity contribution in [2.45, 2.75) is 38.1 Å². The van der Waals surface area contributed by atoms with E-state index in [2.05, 4.69) is 39.4 Å². The highest BCUT2D eigenvalue weighted by Gasteiger charge is 2.54. The summed E-state index contributed by atoms with van der Waals surface area (Å²) < 4.78 is 41.5. The number of aromatic nitrogens is 5. The number of hydrogen-bond acceptors (Lipinski definition) is 7. The van der Waals surface area contributed by atoms with Gasteiger partial charge in [0.1, 0.15) is 0 Å². The highest BCUT2D eigenvalue weighted by Crippen LogP contribution is 2.46. The predicted molar refractivity (Wildman–Crippen MR) is 127 cm³/mol. The van der Waals surface area contributed by atoms with Crippen molar-refractivity contribution in [1.29, 1.82) is 0 Å². The van der Waals surface area contributed by atoms with E-state index in [0.717, 1.165) is 55.2 Å². The summed E-state index contributed by atoms with van der Waals surface area (Å²) in [6.07, 6.45) is -0.376. The second-order valence-electron chi connectivity index (χ2n) is 10.6. The number of halogens is 4. The number of benzene rings is 1. The zero-order valence-corrected chi connectivity index (χ0v) is 20.1. The Labute approximate surface area is 210 Å². The van der Waals surface area contributed by atoms with Gasteiger partial charge in [0.25, 0.3) is 0 Å². The van der Waals surface area contributed by atoms with Crippen molar-refractivity contribution >= 4 is 23.5 Å². The molecule has 0 N–H and O–H groups in total. The molecule has 5 heterocycles. The van der Waals surface area contributed by atoms with Gasteiger partial charge in [-0.2, -0.15) is 13.2 Å². The molecule has 8 nitrogen and oxygen atoms in total. The summed E-state index contributed by atoms with van der Waals surface area (Å²) >= 11 is 6.32. The zero-order chi connectivity index (χ0) is 24.7. The van der Waals surface area contributed by atoms with Crippen LogP contribution in [0.25, 0.3) is 5.69 Å². The largest absolute Gasteiger partial charge is 0.391 e. The van der Waals surface area contributed by atoms with Crippen LogP contribution in [-0.2, 0) is 13.1 Å². The molecule has 7 rings (SSSR count). The van der Waals surface area contributed by atoms with Crippen LogP contribution in [-0.4, -0.2) is 68.0 Å². The average molecular weight is 517 g/mol. The van der Waals surface area contributed by atoms with Crippen LogP contribution >= 0.6 is 11.6 Å². The topological polar surface area (TPSA) is 66.2 Å². The second-order valence-corrected chi connectivity index (χ2v) is 11.0. The van der Waals surface area contributed by atoms with Crippen LogP contribution in [0.15, 0.2) is 36.7 Å². The van der Waals surface area contributed by atoms with Crippen molar-refractivity contribution in [1.82, 2.24) is 29.6 Å². The third-order valence-corrected chi connectivity index (χ3v) is 8.26. The van der Waals surface area contributed by atoms with Gasteiger partial charge < -0.3 is 9.80 Å². The maximum absolute atomic E-state index is 13.1. The molecule has 0 atom stereocenters. The maximum atomic E-state index is 13.1. The lowest BCUT2D eigenvalue weighted by Crippen LogP contribution is -2.73. The molecular weight excluding hydrogens is 493 g/mol. The van der Waals surface area contributed by atoms with Gasteiger partial charge in [-0.3, -0.25) is 9.47 Å². The number of fused-ring (bicyclic) bond motifs is 3. The summed E-state index contributed by atoms with van der Waals surface area (Å²) in [6, 6.07) is 7.39. The van der Waals surface area contributed by atoms with Crippen LogP contribution in [0, 0.1) is 11.3 Å². The Bertz CT molecular complexity index is 1290. The first-order valence-corrected chi connectivity index (χ1v) is 12.5. The SMILES string of the molecule is FC(F)(F)C1CC(N2Cc3cc(Cl)ccc3-n3c(nnc3N3CC4(CN(c5ncccn5)C4)C3)C2)C1. The number of alkyl halides is 3. The summed E-state index contributed by atoms with van der Waals surface area (Å²) in [7, 11) is 0. The minimum absolute atomic E-state index is 0.122. The van der Waals surface area contributed by atoms with Crippen LogP contribution in [0.3, 0.4) is 0 Å². The molecule has 3 aromatic rings. The Balaban J connectivity index is 1.12. The van der Waals surface area contributed by atoms with E-state index >= 15 is 0 Å². The molecule has 1 spiro atoms. The van der Waals surface area contributed by atoms with Crippen molar-refractivity contribution in [3.8, 4) is 5.69 Å². The fourth-order valence-corrected chi connectivity index (χ4v) is 6.29. The fraction of sp³-hybridized carbons (Fsp3) is 0.500. The average Bonchev–Trinajstić information content (AvgIpc) is 3.06. The molecule has 2 saturated heterocycles. The molecule has 36 heavy (non-hydrogen) atoms. The summed E-state index contributed by atoms with van der Waals surface area (Å²) in [6.45, 7) is 4.50.